The van der Waals surface area contributed by atoms with Crippen molar-refractivity contribution in [3.8, 4) is 0 Å². The molecule has 2 rings (SSSR count). The molecule has 22 heavy (non-hydrogen) atoms. The Balaban J connectivity index is 2.08. The summed E-state index contributed by atoms with van der Waals surface area (Å²) in [5, 5.41) is 4.01. The van der Waals surface area contributed by atoms with Gasteiger partial charge in [-0.3, -0.25) is 19.1 Å². The van der Waals surface area contributed by atoms with Gasteiger partial charge in [-0.15, -0.1) is 0 Å². The van der Waals surface area contributed by atoms with E-state index in [1.807, 2.05) is 0 Å². The van der Waals surface area contributed by atoms with Crippen molar-refractivity contribution < 1.29 is 14.4 Å². The monoisotopic (exact) mass is 307 g/mol. The molecule has 0 N–H and O–H groups in total. The van der Waals surface area contributed by atoms with Gasteiger partial charge in [0.2, 0.25) is 17.7 Å². The maximum atomic E-state index is 12.3. The lowest BCUT2D eigenvalue weighted by molar-refractivity contribution is -0.150. The van der Waals surface area contributed by atoms with Gasteiger partial charge >= 0.3 is 0 Å². The first-order valence-corrected chi connectivity index (χ1v) is 7.13. The number of likely N-dealkylation sites (N-methyl/N-ethyl adjacent to an activating group) is 1. The van der Waals surface area contributed by atoms with Crippen LogP contribution in [0, 0.1) is 0 Å². The third kappa shape index (κ3) is 3.44. The number of nitrogens with zero attached hydrogens (tertiary/aromatic N) is 5. The summed E-state index contributed by atoms with van der Waals surface area (Å²) in [4.78, 5) is 40.9. The molecule has 2 heterocycles. The van der Waals surface area contributed by atoms with E-state index < -0.39 is 6.04 Å². The molecule has 8 heteroatoms. The highest BCUT2D eigenvalue weighted by atomic mass is 16.2. The summed E-state index contributed by atoms with van der Waals surface area (Å²) in [6, 6.07) is 1.13. The Labute approximate surface area is 129 Å². The molecule has 1 saturated heterocycles. The van der Waals surface area contributed by atoms with Gasteiger partial charge in [0.1, 0.15) is 12.6 Å². The van der Waals surface area contributed by atoms with Crippen LogP contribution in [0.4, 0.5) is 0 Å². The first kappa shape index (κ1) is 16.0. The van der Waals surface area contributed by atoms with Crippen LogP contribution in [0.2, 0.25) is 0 Å². The van der Waals surface area contributed by atoms with Crippen molar-refractivity contribution in [3.05, 3.63) is 18.5 Å². The molecular formula is C14H21N5O3. The maximum Gasteiger partial charge on any atom is 0.246 e. The van der Waals surface area contributed by atoms with Gasteiger partial charge in [0.25, 0.3) is 0 Å². The minimum atomic E-state index is -0.622. The van der Waals surface area contributed by atoms with Gasteiger partial charge in [0.15, 0.2) is 0 Å². The molecule has 1 aromatic heterocycles. The number of piperazine rings is 1. The molecule has 0 radical (unpaired) electrons. The van der Waals surface area contributed by atoms with E-state index in [-0.39, 0.29) is 30.8 Å². The summed E-state index contributed by atoms with van der Waals surface area (Å²) < 4.78 is 1.54. The van der Waals surface area contributed by atoms with Gasteiger partial charge in [-0.25, -0.2) is 0 Å². The number of amides is 3. The smallest absolute Gasteiger partial charge is 0.246 e. The second-order valence-corrected chi connectivity index (χ2v) is 5.50. The van der Waals surface area contributed by atoms with E-state index in [9.17, 15) is 14.4 Å². The van der Waals surface area contributed by atoms with Gasteiger partial charge in [-0.05, 0) is 6.07 Å². The lowest BCUT2D eigenvalue weighted by Gasteiger charge is -2.41. The van der Waals surface area contributed by atoms with E-state index in [2.05, 4.69) is 5.10 Å². The van der Waals surface area contributed by atoms with E-state index in [1.165, 1.54) is 16.7 Å². The molecule has 8 nitrogen and oxygen atoms in total. The van der Waals surface area contributed by atoms with Crippen LogP contribution in [0.3, 0.4) is 0 Å². The first-order chi connectivity index (χ1) is 10.4. The summed E-state index contributed by atoms with van der Waals surface area (Å²) in [6.07, 6.45) is 3.32. The molecule has 0 aliphatic carbocycles. The van der Waals surface area contributed by atoms with Crippen molar-refractivity contribution in [3.63, 3.8) is 0 Å². The Bertz CT molecular complexity index is 555. The highest BCUT2D eigenvalue weighted by Gasteiger charge is 2.36. The van der Waals surface area contributed by atoms with Gasteiger partial charge in [-0.1, -0.05) is 0 Å². The van der Waals surface area contributed by atoms with E-state index in [0.29, 0.717) is 13.1 Å². The standard InChI is InChI=1S/C14H21N5O3/c1-11(20)19-8-7-17(9-12(19)14(22)16(2)3)13(21)10-18-6-4-5-15-18/h4-6,12H,7-10H2,1-3H3. The molecule has 0 aromatic carbocycles. The Morgan fingerprint density at radius 3 is 2.55 bits per heavy atom. The lowest BCUT2D eigenvalue weighted by atomic mass is 10.1. The second-order valence-electron chi connectivity index (χ2n) is 5.50. The quantitative estimate of drug-likeness (QED) is 0.720. The molecule has 0 spiro atoms. The average Bonchev–Trinajstić information content (AvgIpc) is 2.98. The van der Waals surface area contributed by atoms with Crippen LogP contribution in [-0.4, -0.2) is 82.0 Å². The number of rotatable bonds is 3. The van der Waals surface area contributed by atoms with Crippen molar-refractivity contribution >= 4 is 17.7 Å². The lowest BCUT2D eigenvalue weighted by Crippen LogP contribution is -2.61. The zero-order valence-corrected chi connectivity index (χ0v) is 13.1. The van der Waals surface area contributed by atoms with Gasteiger partial charge in [-0.2, -0.15) is 5.10 Å². The molecule has 0 saturated carbocycles. The molecule has 3 amide bonds. The highest BCUT2D eigenvalue weighted by molar-refractivity contribution is 5.88. The third-order valence-corrected chi connectivity index (χ3v) is 3.72. The van der Waals surface area contributed by atoms with Gasteiger partial charge in [0, 0.05) is 46.5 Å². The molecule has 0 bridgehead atoms. The minimum absolute atomic E-state index is 0.108. The normalized spacial score (nSPS) is 18.2. The SMILES string of the molecule is CC(=O)N1CCN(C(=O)Cn2cccn2)CC1C(=O)N(C)C. The van der Waals surface area contributed by atoms with Crippen LogP contribution < -0.4 is 0 Å². The van der Waals surface area contributed by atoms with Gasteiger partial charge in [0.05, 0.1) is 6.54 Å². The Hall–Kier alpha value is -2.38. The maximum absolute atomic E-state index is 12.3. The highest BCUT2D eigenvalue weighted by Crippen LogP contribution is 2.13. The molecule has 1 aliphatic rings. The summed E-state index contributed by atoms with van der Waals surface area (Å²) in [5.41, 5.74) is 0. The average molecular weight is 307 g/mol. The molecule has 1 aromatic rings. The molecule has 120 valence electrons. The van der Waals surface area contributed by atoms with Crippen LogP contribution in [-0.2, 0) is 20.9 Å². The van der Waals surface area contributed by atoms with Crippen molar-refractivity contribution in [2.75, 3.05) is 33.7 Å². The molecular weight excluding hydrogens is 286 g/mol. The van der Waals surface area contributed by atoms with Crippen LogP contribution in [0.15, 0.2) is 18.5 Å². The van der Waals surface area contributed by atoms with E-state index >= 15 is 0 Å². The summed E-state index contributed by atoms with van der Waals surface area (Å²) >= 11 is 0. The Kier molecular flexibility index (Phi) is 4.79. The number of hydrogen-bond acceptors (Lipinski definition) is 4. The number of aromatic nitrogens is 2. The second kappa shape index (κ2) is 6.59. The zero-order valence-electron chi connectivity index (χ0n) is 13.1. The summed E-state index contributed by atoms with van der Waals surface area (Å²) in [5.74, 6) is -0.436. The predicted octanol–water partition coefficient (Wildman–Crippen LogP) is -0.969. The van der Waals surface area contributed by atoms with E-state index in [0.717, 1.165) is 0 Å². The largest absolute Gasteiger partial charge is 0.347 e. The molecule has 1 aliphatic heterocycles. The van der Waals surface area contributed by atoms with Crippen LogP contribution >= 0.6 is 0 Å². The minimum Gasteiger partial charge on any atom is -0.347 e. The third-order valence-electron chi connectivity index (χ3n) is 3.72. The number of carbonyl (C=O) groups is 3. The topological polar surface area (TPSA) is 78.8 Å². The number of hydrogen-bond donors (Lipinski definition) is 0. The Morgan fingerprint density at radius 2 is 2.00 bits per heavy atom. The van der Waals surface area contributed by atoms with Crippen LogP contribution in [0.25, 0.3) is 0 Å². The number of carbonyl (C=O) groups excluding carboxylic acids is 3. The van der Waals surface area contributed by atoms with E-state index in [4.69, 9.17) is 0 Å². The first-order valence-electron chi connectivity index (χ1n) is 7.13. The van der Waals surface area contributed by atoms with Crippen molar-refractivity contribution in [1.29, 1.82) is 0 Å². The molecule has 1 unspecified atom stereocenters. The fourth-order valence-corrected chi connectivity index (χ4v) is 2.53. The fourth-order valence-electron chi connectivity index (χ4n) is 2.53. The Morgan fingerprint density at radius 1 is 1.27 bits per heavy atom. The van der Waals surface area contributed by atoms with Crippen LogP contribution in [0.5, 0.6) is 0 Å². The van der Waals surface area contributed by atoms with E-state index in [1.54, 1.807) is 42.1 Å². The molecule has 1 atom stereocenters. The summed E-state index contributed by atoms with van der Waals surface area (Å²) in [6.45, 7) is 2.59. The fraction of sp³-hybridized carbons (Fsp3) is 0.571. The van der Waals surface area contributed by atoms with Crippen molar-refractivity contribution in [2.24, 2.45) is 0 Å². The van der Waals surface area contributed by atoms with Gasteiger partial charge < -0.3 is 14.7 Å². The predicted molar refractivity (Wildman–Crippen MR) is 78.7 cm³/mol. The zero-order chi connectivity index (χ0) is 16.3. The molecule has 1 fully saturated rings. The van der Waals surface area contributed by atoms with Crippen LogP contribution in [0.1, 0.15) is 6.92 Å². The van der Waals surface area contributed by atoms with Crippen molar-refractivity contribution in [2.45, 2.75) is 19.5 Å². The summed E-state index contributed by atoms with van der Waals surface area (Å²) in [7, 11) is 3.29. The van der Waals surface area contributed by atoms with Crippen molar-refractivity contribution in [1.82, 2.24) is 24.5 Å².